The van der Waals surface area contributed by atoms with Gasteiger partial charge in [0.15, 0.2) is 0 Å². The zero-order valence-corrected chi connectivity index (χ0v) is 15.2. The van der Waals surface area contributed by atoms with Gasteiger partial charge in [0.2, 0.25) is 5.91 Å². The molecule has 5 nitrogen and oxygen atoms in total. The van der Waals surface area contributed by atoms with E-state index in [2.05, 4.69) is 31.3 Å². The second-order valence-corrected chi connectivity index (χ2v) is 6.37. The minimum atomic E-state index is -0.136. The molecule has 1 heterocycles. The predicted octanol–water partition coefficient (Wildman–Crippen LogP) is 3.92. The molecule has 1 aromatic heterocycles. The van der Waals surface area contributed by atoms with Gasteiger partial charge >= 0.3 is 0 Å². The van der Waals surface area contributed by atoms with Gasteiger partial charge in [0.25, 0.3) is 0 Å². The maximum Gasteiger partial charge on any atom is 0.244 e. The van der Waals surface area contributed by atoms with Crippen LogP contribution in [-0.4, -0.2) is 20.7 Å². The molecule has 2 aromatic carbocycles. The summed E-state index contributed by atoms with van der Waals surface area (Å²) >= 11 is 3.46. The number of carbonyl (C=O) groups excluding carboxylic acids is 1. The van der Waals surface area contributed by atoms with E-state index < -0.39 is 0 Å². The number of rotatable bonds is 5. The first kappa shape index (κ1) is 17.1. The molecule has 0 fully saturated rings. The summed E-state index contributed by atoms with van der Waals surface area (Å²) in [5.41, 5.74) is 2.91. The molecule has 1 unspecified atom stereocenters. The Hall–Kier alpha value is -2.73. The molecule has 1 atom stereocenters. The van der Waals surface area contributed by atoms with Gasteiger partial charge in [-0.3, -0.25) is 4.79 Å². The molecule has 0 bridgehead atoms. The monoisotopic (exact) mass is 396 g/mol. The number of hydrogen-bond acceptors (Lipinski definition) is 3. The maximum absolute atomic E-state index is 12.1. The standard InChI is InChI=1S/C19H17BrN4O/c1-14(15-6-9-17(10-7-15)24-13-21-12-22-24)23-19(25)11-8-16-4-2-3-5-18(16)20/h2-14H,1H3,(H,23,25)/b11-8+. The van der Waals surface area contributed by atoms with Crippen LogP contribution in [0, 0.1) is 0 Å². The van der Waals surface area contributed by atoms with Crippen molar-refractivity contribution in [3.8, 4) is 5.69 Å². The van der Waals surface area contributed by atoms with Gasteiger partial charge in [-0.2, -0.15) is 5.10 Å². The van der Waals surface area contributed by atoms with Gasteiger partial charge in [0, 0.05) is 10.5 Å². The predicted molar refractivity (Wildman–Crippen MR) is 101 cm³/mol. The summed E-state index contributed by atoms with van der Waals surface area (Å²) in [7, 11) is 0. The van der Waals surface area contributed by atoms with Crippen molar-refractivity contribution in [2.45, 2.75) is 13.0 Å². The third-order valence-corrected chi connectivity index (χ3v) is 4.48. The van der Waals surface area contributed by atoms with Crippen LogP contribution < -0.4 is 5.32 Å². The highest BCUT2D eigenvalue weighted by atomic mass is 79.9. The van der Waals surface area contributed by atoms with E-state index in [1.165, 1.54) is 6.33 Å². The maximum atomic E-state index is 12.1. The number of halogens is 1. The Balaban J connectivity index is 1.62. The fourth-order valence-electron chi connectivity index (χ4n) is 2.38. The number of carbonyl (C=O) groups is 1. The number of hydrogen-bond donors (Lipinski definition) is 1. The third-order valence-electron chi connectivity index (χ3n) is 3.75. The first-order chi connectivity index (χ1) is 12.1. The van der Waals surface area contributed by atoms with Crippen molar-refractivity contribution in [1.82, 2.24) is 20.1 Å². The third kappa shape index (κ3) is 4.42. The number of nitrogens with zero attached hydrogens (tertiary/aromatic N) is 3. The molecule has 0 aliphatic rings. The summed E-state index contributed by atoms with van der Waals surface area (Å²) in [4.78, 5) is 16.1. The molecule has 6 heteroatoms. The SMILES string of the molecule is CC(NC(=O)/C=C/c1ccccc1Br)c1ccc(-n2cncn2)cc1. The van der Waals surface area contributed by atoms with Crippen molar-refractivity contribution in [3.63, 3.8) is 0 Å². The van der Waals surface area contributed by atoms with Crippen LogP contribution in [-0.2, 0) is 4.79 Å². The second kappa shape index (κ2) is 7.90. The molecule has 25 heavy (non-hydrogen) atoms. The highest BCUT2D eigenvalue weighted by Crippen LogP contribution is 2.18. The van der Waals surface area contributed by atoms with Gasteiger partial charge < -0.3 is 5.32 Å². The van der Waals surface area contributed by atoms with Crippen LogP contribution in [0.3, 0.4) is 0 Å². The van der Waals surface area contributed by atoms with E-state index in [1.54, 1.807) is 23.2 Å². The first-order valence-electron chi connectivity index (χ1n) is 7.81. The summed E-state index contributed by atoms with van der Waals surface area (Å²) in [5, 5.41) is 7.06. The van der Waals surface area contributed by atoms with E-state index in [9.17, 15) is 4.79 Å². The highest BCUT2D eigenvalue weighted by Gasteiger charge is 2.08. The lowest BCUT2D eigenvalue weighted by atomic mass is 10.1. The van der Waals surface area contributed by atoms with Crippen LogP contribution >= 0.6 is 15.9 Å². The molecule has 126 valence electrons. The normalized spacial score (nSPS) is 12.2. The molecule has 0 spiro atoms. The van der Waals surface area contributed by atoms with Crippen molar-refractivity contribution < 1.29 is 4.79 Å². The number of nitrogens with one attached hydrogen (secondary N) is 1. The average Bonchev–Trinajstić information content (AvgIpc) is 3.16. The molecular formula is C19H17BrN4O. The number of amides is 1. The van der Waals surface area contributed by atoms with Crippen molar-refractivity contribution in [1.29, 1.82) is 0 Å². The first-order valence-corrected chi connectivity index (χ1v) is 8.61. The molecule has 0 saturated heterocycles. The summed E-state index contributed by atoms with van der Waals surface area (Å²) in [5.74, 6) is -0.136. The fourth-order valence-corrected chi connectivity index (χ4v) is 2.79. The Labute approximate surface area is 154 Å². The van der Waals surface area contributed by atoms with E-state index in [1.807, 2.05) is 55.5 Å². The van der Waals surface area contributed by atoms with E-state index in [-0.39, 0.29) is 11.9 Å². The van der Waals surface area contributed by atoms with Crippen molar-refractivity contribution in [3.05, 3.63) is 82.9 Å². The topological polar surface area (TPSA) is 59.8 Å². The smallest absolute Gasteiger partial charge is 0.244 e. The Morgan fingerprint density at radius 1 is 1.20 bits per heavy atom. The zero-order chi connectivity index (χ0) is 17.6. The van der Waals surface area contributed by atoms with Gasteiger partial charge in [0.1, 0.15) is 12.7 Å². The van der Waals surface area contributed by atoms with Gasteiger partial charge in [-0.05, 0) is 42.3 Å². The van der Waals surface area contributed by atoms with E-state index in [4.69, 9.17) is 0 Å². The number of benzene rings is 2. The Bertz CT molecular complexity index is 873. The fraction of sp³-hybridized carbons (Fsp3) is 0.105. The molecular weight excluding hydrogens is 380 g/mol. The molecule has 3 aromatic rings. The minimum absolute atomic E-state index is 0.0961. The van der Waals surface area contributed by atoms with Gasteiger partial charge in [-0.1, -0.05) is 46.3 Å². The zero-order valence-electron chi connectivity index (χ0n) is 13.6. The summed E-state index contributed by atoms with van der Waals surface area (Å²) in [6, 6.07) is 15.5. The quantitative estimate of drug-likeness (QED) is 0.664. The van der Waals surface area contributed by atoms with Crippen molar-refractivity contribution in [2.75, 3.05) is 0 Å². The van der Waals surface area contributed by atoms with Crippen LogP contribution in [0.1, 0.15) is 24.1 Å². The molecule has 1 N–H and O–H groups in total. The largest absolute Gasteiger partial charge is 0.346 e. The van der Waals surface area contributed by atoms with E-state index in [0.717, 1.165) is 21.3 Å². The second-order valence-electron chi connectivity index (χ2n) is 5.52. The molecule has 0 aliphatic heterocycles. The van der Waals surface area contributed by atoms with Crippen LogP contribution in [0.15, 0.2) is 71.7 Å². The molecule has 0 radical (unpaired) electrons. The molecule has 1 amide bonds. The molecule has 0 aliphatic carbocycles. The lowest BCUT2D eigenvalue weighted by Crippen LogP contribution is -2.24. The van der Waals surface area contributed by atoms with Crippen LogP contribution in [0.5, 0.6) is 0 Å². The minimum Gasteiger partial charge on any atom is -0.346 e. The summed E-state index contributed by atoms with van der Waals surface area (Å²) < 4.78 is 2.64. The number of aromatic nitrogens is 3. The van der Waals surface area contributed by atoms with Crippen LogP contribution in [0.4, 0.5) is 0 Å². The van der Waals surface area contributed by atoms with Crippen LogP contribution in [0.25, 0.3) is 11.8 Å². The summed E-state index contributed by atoms with van der Waals surface area (Å²) in [6.07, 6.45) is 6.47. The van der Waals surface area contributed by atoms with Crippen LogP contribution in [0.2, 0.25) is 0 Å². The highest BCUT2D eigenvalue weighted by molar-refractivity contribution is 9.10. The lowest BCUT2D eigenvalue weighted by molar-refractivity contribution is -0.117. The van der Waals surface area contributed by atoms with Crippen molar-refractivity contribution in [2.24, 2.45) is 0 Å². The van der Waals surface area contributed by atoms with Gasteiger partial charge in [0.05, 0.1) is 11.7 Å². The van der Waals surface area contributed by atoms with E-state index >= 15 is 0 Å². The Kier molecular flexibility index (Phi) is 5.40. The molecule has 3 rings (SSSR count). The Morgan fingerprint density at radius 3 is 2.64 bits per heavy atom. The van der Waals surface area contributed by atoms with Gasteiger partial charge in [-0.25, -0.2) is 9.67 Å². The Morgan fingerprint density at radius 2 is 1.96 bits per heavy atom. The summed E-state index contributed by atoms with van der Waals surface area (Å²) in [6.45, 7) is 1.95. The molecule has 0 saturated carbocycles. The average molecular weight is 397 g/mol. The lowest BCUT2D eigenvalue weighted by Gasteiger charge is -2.13. The van der Waals surface area contributed by atoms with E-state index in [0.29, 0.717) is 0 Å². The van der Waals surface area contributed by atoms with Gasteiger partial charge in [-0.15, -0.1) is 0 Å². The van der Waals surface area contributed by atoms with Crippen molar-refractivity contribution >= 4 is 27.9 Å².